The maximum atomic E-state index is 11.2. The fraction of sp³-hybridized carbons (Fsp3) is 0.800. The third kappa shape index (κ3) is 7.65. The fourth-order valence-electron chi connectivity index (χ4n) is 1.38. The van der Waals surface area contributed by atoms with E-state index in [2.05, 4.69) is 0 Å². The number of aliphatic hydroxyl groups excluding tert-OH is 1. The Morgan fingerprint density at radius 3 is 2.54 bits per heavy atom. The van der Waals surface area contributed by atoms with E-state index >= 15 is 0 Å². The molecule has 0 saturated heterocycles. The summed E-state index contributed by atoms with van der Waals surface area (Å²) in [5.41, 5.74) is 0. The van der Waals surface area contributed by atoms with E-state index in [1.807, 2.05) is 6.92 Å². The molecule has 76 valence electrons. The molecule has 0 spiro atoms. The van der Waals surface area contributed by atoms with Crippen LogP contribution in [0.5, 0.6) is 0 Å². The molecule has 0 radical (unpaired) electrons. The quantitative estimate of drug-likeness (QED) is 0.610. The van der Waals surface area contributed by atoms with Crippen LogP contribution in [0.3, 0.4) is 0 Å². The summed E-state index contributed by atoms with van der Waals surface area (Å²) in [6.07, 6.45) is 2.19. The fourth-order valence-corrected chi connectivity index (χ4v) is 1.38. The smallest absolute Gasteiger partial charge is 0.133 e. The second-order valence-corrected chi connectivity index (χ2v) is 3.64. The molecule has 3 nitrogen and oxygen atoms in total. The molecule has 0 aromatic carbocycles. The van der Waals surface area contributed by atoms with E-state index in [1.165, 1.54) is 0 Å². The topological polar surface area (TPSA) is 54.4 Å². The van der Waals surface area contributed by atoms with E-state index in [0.717, 1.165) is 6.29 Å². The van der Waals surface area contributed by atoms with Gasteiger partial charge in [0, 0.05) is 19.3 Å². The van der Waals surface area contributed by atoms with Gasteiger partial charge >= 0.3 is 0 Å². The average molecular weight is 186 g/mol. The second-order valence-electron chi connectivity index (χ2n) is 3.64. The minimum atomic E-state index is -0.353. The van der Waals surface area contributed by atoms with Crippen molar-refractivity contribution in [2.75, 3.05) is 0 Å². The number of carbonyl (C=O) groups is 2. The zero-order valence-electron chi connectivity index (χ0n) is 8.32. The number of ketones is 1. The molecule has 0 aliphatic carbocycles. The van der Waals surface area contributed by atoms with Crippen molar-refractivity contribution < 1.29 is 14.7 Å². The van der Waals surface area contributed by atoms with Gasteiger partial charge in [-0.3, -0.25) is 4.79 Å². The molecule has 0 bridgehead atoms. The SMILES string of the molecule is CC(O)CC(C)CC(=O)CCC=O. The molecular formula is C10H18O3. The monoisotopic (exact) mass is 186 g/mol. The Morgan fingerprint density at radius 2 is 2.08 bits per heavy atom. The zero-order valence-corrected chi connectivity index (χ0v) is 8.32. The van der Waals surface area contributed by atoms with Crippen LogP contribution < -0.4 is 0 Å². The van der Waals surface area contributed by atoms with Crippen LogP contribution in [0.2, 0.25) is 0 Å². The van der Waals surface area contributed by atoms with Gasteiger partial charge in [0.2, 0.25) is 0 Å². The molecule has 0 heterocycles. The molecule has 0 rings (SSSR count). The highest BCUT2D eigenvalue weighted by Gasteiger charge is 2.10. The van der Waals surface area contributed by atoms with Crippen molar-refractivity contribution >= 4 is 12.1 Å². The normalized spacial score (nSPS) is 15.0. The summed E-state index contributed by atoms with van der Waals surface area (Å²) in [5.74, 6) is 0.319. The number of aliphatic hydroxyl groups is 1. The molecule has 0 amide bonds. The first-order valence-electron chi connectivity index (χ1n) is 4.69. The first kappa shape index (κ1) is 12.3. The lowest BCUT2D eigenvalue weighted by Crippen LogP contribution is -2.11. The van der Waals surface area contributed by atoms with Gasteiger partial charge in [0.25, 0.3) is 0 Å². The predicted octanol–water partition coefficient (Wildman–Crippen LogP) is 1.33. The van der Waals surface area contributed by atoms with Crippen molar-refractivity contribution in [2.45, 2.75) is 45.6 Å². The molecule has 0 aromatic rings. The van der Waals surface area contributed by atoms with Crippen molar-refractivity contribution in [1.29, 1.82) is 0 Å². The van der Waals surface area contributed by atoms with E-state index in [-0.39, 0.29) is 17.8 Å². The number of aldehydes is 1. The number of hydrogen-bond acceptors (Lipinski definition) is 3. The highest BCUT2D eigenvalue weighted by molar-refractivity contribution is 5.80. The summed E-state index contributed by atoms with van der Waals surface area (Å²) in [6.45, 7) is 3.65. The molecule has 0 fully saturated rings. The summed E-state index contributed by atoms with van der Waals surface area (Å²) >= 11 is 0. The van der Waals surface area contributed by atoms with Crippen molar-refractivity contribution in [3.63, 3.8) is 0 Å². The van der Waals surface area contributed by atoms with Crippen molar-refractivity contribution in [3.8, 4) is 0 Å². The minimum absolute atomic E-state index is 0.111. The molecule has 2 atom stereocenters. The molecule has 1 N–H and O–H groups in total. The van der Waals surface area contributed by atoms with Crippen LogP contribution in [0, 0.1) is 5.92 Å². The standard InChI is InChI=1S/C10H18O3/c1-8(6-9(2)12)7-10(13)4-3-5-11/h5,8-9,12H,3-4,6-7H2,1-2H3. The third-order valence-corrected chi connectivity index (χ3v) is 1.86. The zero-order chi connectivity index (χ0) is 10.3. The van der Waals surface area contributed by atoms with Crippen LogP contribution in [0.25, 0.3) is 0 Å². The summed E-state index contributed by atoms with van der Waals surface area (Å²) in [5, 5.41) is 9.04. The largest absolute Gasteiger partial charge is 0.393 e. The average Bonchev–Trinajstić information content (AvgIpc) is 1.98. The predicted molar refractivity (Wildman–Crippen MR) is 50.4 cm³/mol. The van der Waals surface area contributed by atoms with Crippen LogP contribution in [0.4, 0.5) is 0 Å². The summed E-state index contributed by atoms with van der Waals surface area (Å²) in [4.78, 5) is 21.1. The highest BCUT2D eigenvalue weighted by atomic mass is 16.3. The van der Waals surface area contributed by atoms with Gasteiger partial charge in [0.1, 0.15) is 12.1 Å². The molecule has 3 heteroatoms. The van der Waals surface area contributed by atoms with Gasteiger partial charge in [-0.2, -0.15) is 0 Å². The maximum Gasteiger partial charge on any atom is 0.133 e. The number of carbonyl (C=O) groups excluding carboxylic acids is 2. The molecule has 2 unspecified atom stereocenters. The van der Waals surface area contributed by atoms with Crippen LogP contribution >= 0.6 is 0 Å². The van der Waals surface area contributed by atoms with E-state index in [9.17, 15) is 9.59 Å². The Morgan fingerprint density at radius 1 is 1.46 bits per heavy atom. The number of rotatable bonds is 7. The first-order chi connectivity index (χ1) is 6.06. The molecule has 0 aliphatic heterocycles. The van der Waals surface area contributed by atoms with Crippen LogP contribution in [0.1, 0.15) is 39.5 Å². The van der Waals surface area contributed by atoms with Crippen LogP contribution in [-0.4, -0.2) is 23.3 Å². The van der Waals surface area contributed by atoms with Crippen molar-refractivity contribution in [2.24, 2.45) is 5.92 Å². The molecular weight excluding hydrogens is 168 g/mol. The maximum absolute atomic E-state index is 11.2. The van der Waals surface area contributed by atoms with Crippen molar-refractivity contribution in [1.82, 2.24) is 0 Å². The first-order valence-corrected chi connectivity index (χ1v) is 4.69. The second kappa shape index (κ2) is 6.78. The number of Topliss-reactive ketones (excluding diaryl/α,β-unsaturated/α-hetero) is 1. The van der Waals surface area contributed by atoms with E-state index < -0.39 is 0 Å². The van der Waals surface area contributed by atoms with Gasteiger partial charge < -0.3 is 9.90 Å². The Bertz CT molecular complexity index is 164. The Balaban J connectivity index is 3.58. The van der Waals surface area contributed by atoms with E-state index in [1.54, 1.807) is 6.92 Å². The van der Waals surface area contributed by atoms with E-state index in [0.29, 0.717) is 25.7 Å². The van der Waals surface area contributed by atoms with Gasteiger partial charge in [-0.15, -0.1) is 0 Å². The molecule has 13 heavy (non-hydrogen) atoms. The van der Waals surface area contributed by atoms with Crippen molar-refractivity contribution in [3.05, 3.63) is 0 Å². The van der Waals surface area contributed by atoms with Crippen LogP contribution in [-0.2, 0) is 9.59 Å². The molecule has 0 saturated carbocycles. The van der Waals surface area contributed by atoms with Gasteiger partial charge in [0.05, 0.1) is 6.10 Å². The lowest BCUT2D eigenvalue weighted by molar-refractivity contribution is -0.121. The Hall–Kier alpha value is -0.700. The third-order valence-electron chi connectivity index (χ3n) is 1.86. The van der Waals surface area contributed by atoms with Gasteiger partial charge in [-0.05, 0) is 19.3 Å². The Kier molecular flexibility index (Phi) is 6.41. The molecule has 0 aromatic heterocycles. The summed E-state index contributed by atoms with van der Waals surface area (Å²) in [6, 6.07) is 0. The Labute approximate surface area is 79.1 Å². The lowest BCUT2D eigenvalue weighted by Gasteiger charge is -2.11. The summed E-state index contributed by atoms with van der Waals surface area (Å²) < 4.78 is 0. The lowest BCUT2D eigenvalue weighted by atomic mass is 9.97. The van der Waals surface area contributed by atoms with Gasteiger partial charge in [0.15, 0.2) is 0 Å². The van der Waals surface area contributed by atoms with Crippen LogP contribution in [0.15, 0.2) is 0 Å². The minimum Gasteiger partial charge on any atom is -0.393 e. The number of hydrogen-bond donors (Lipinski definition) is 1. The van der Waals surface area contributed by atoms with Gasteiger partial charge in [-0.25, -0.2) is 0 Å². The van der Waals surface area contributed by atoms with Gasteiger partial charge in [-0.1, -0.05) is 6.92 Å². The van der Waals surface area contributed by atoms with E-state index in [4.69, 9.17) is 5.11 Å². The highest BCUT2D eigenvalue weighted by Crippen LogP contribution is 2.12. The summed E-state index contributed by atoms with van der Waals surface area (Å²) in [7, 11) is 0. The molecule has 0 aliphatic rings.